The van der Waals surface area contributed by atoms with Crippen molar-refractivity contribution in [2.75, 3.05) is 45.9 Å². The molecule has 0 spiro atoms. The first-order valence-electron chi connectivity index (χ1n) is 6.61. The van der Waals surface area contributed by atoms with Crippen LogP contribution in [0.25, 0.3) is 0 Å². The Hall–Kier alpha value is -2.15. The molecule has 0 saturated heterocycles. The van der Waals surface area contributed by atoms with Crippen molar-refractivity contribution in [2.24, 2.45) is 0 Å². The van der Waals surface area contributed by atoms with Crippen molar-refractivity contribution in [1.29, 1.82) is 0 Å². The fourth-order valence-corrected chi connectivity index (χ4v) is 1.77. The van der Waals surface area contributed by atoms with Crippen LogP contribution in [0.15, 0.2) is 18.3 Å². The molecule has 0 fully saturated rings. The average Bonchev–Trinajstić information content (AvgIpc) is 2.53. The first kappa shape index (κ1) is 16.9. The summed E-state index contributed by atoms with van der Waals surface area (Å²) in [5, 5.41) is 2.53. The minimum absolute atomic E-state index is 0.253. The maximum Gasteiger partial charge on any atom is 0.307 e. The second kappa shape index (κ2) is 8.91. The highest BCUT2D eigenvalue weighted by Crippen LogP contribution is 2.15. The van der Waals surface area contributed by atoms with Gasteiger partial charge < -0.3 is 19.7 Å². The molecule has 1 rings (SSSR count). The molecule has 1 amide bonds. The Bertz CT molecular complexity index is 479. The van der Waals surface area contributed by atoms with Crippen molar-refractivity contribution in [1.82, 2.24) is 10.3 Å². The van der Waals surface area contributed by atoms with Crippen LogP contribution in [0.4, 0.5) is 5.69 Å². The number of nitrogens with zero attached hydrogens (tertiary/aromatic N) is 2. The molecule has 0 saturated carbocycles. The van der Waals surface area contributed by atoms with E-state index < -0.39 is 0 Å². The van der Waals surface area contributed by atoms with E-state index in [1.165, 1.54) is 7.11 Å². The number of esters is 1. The van der Waals surface area contributed by atoms with Crippen LogP contribution in [-0.2, 0) is 14.3 Å². The monoisotopic (exact) mass is 295 g/mol. The maximum absolute atomic E-state index is 11.6. The van der Waals surface area contributed by atoms with Gasteiger partial charge >= 0.3 is 5.97 Å². The Balaban J connectivity index is 2.85. The summed E-state index contributed by atoms with van der Waals surface area (Å²) in [6.07, 6.45) is 1.83. The van der Waals surface area contributed by atoms with Gasteiger partial charge in [-0.25, -0.2) is 0 Å². The molecule has 7 nitrogen and oxygen atoms in total. The predicted octanol–water partition coefficient (Wildman–Crippen LogP) is 0.457. The molecule has 0 aliphatic rings. The van der Waals surface area contributed by atoms with Gasteiger partial charge in [0.2, 0.25) is 0 Å². The summed E-state index contributed by atoms with van der Waals surface area (Å²) in [7, 11) is 4.52. The molecule has 1 heterocycles. The average molecular weight is 295 g/mol. The van der Waals surface area contributed by atoms with Crippen molar-refractivity contribution in [2.45, 2.75) is 6.42 Å². The first-order chi connectivity index (χ1) is 10.1. The molecule has 0 unspecified atom stereocenters. The van der Waals surface area contributed by atoms with Crippen LogP contribution in [0.3, 0.4) is 0 Å². The molecule has 1 aromatic heterocycles. The van der Waals surface area contributed by atoms with Crippen LogP contribution < -0.4 is 10.2 Å². The number of nitrogens with one attached hydrogen (secondary N) is 1. The summed E-state index contributed by atoms with van der Waals surface area (Å²) in [5.41, 5.74) is 1.14. The SMILES string of the molecule is CNC(=O)c1cc(N(CCOC)CCC(=O)OC)ccn1. The van der Waals surface area contributed by atoms with Gasteiger partial charge in [0.1, 0.15) is 5.69 Å². The van der Waals surface area contributed by atoms with Gasteiger partial charge in [-0.05, 0) is 12.1 Å². The van der Waals surface area contributed by atoms with Gasteiger partial charge in [0.15, 0.2) is 0 Å². The van der Waals surface area contributed by atoms with E-state index in [0.29, 0.717) is 25.4 Å². The number of carbonyl (C=O) groups is 2. The van der Waals surface area contributed by atoms with Crippen LogP contribution in [0, 0.1) is 0 Å². The number of anilines is 1. The number of amides is 1. The second-order valence-corrected chi connectivity index (χ2v) is 4.28. The molecule has 0 aliphatic heterocycles. The summed E-state index contributed by atoms with van der Waals surface area (Å²) < 4.78 is 9.72. The maximum atomic E-state index is 11.6. The number of ether oxygens (including phenoxy) is 2. The van der Waals surface area contributed by atoms with Crippen LogP contribution in [0.5, 0.6) is 0 Å². The molecule has 1 N–H and O–H groups in total. The van der Waals surface area contributed by atoms with E-state index in [0.717, 1.165) is 5.69 Å². The third-order valence-electron chi connectivity index (χ3n) is 2.95. The molecule has 21 heavy (non-hydrogen) atoms. The molecule has 0 bridgehead atoms. The zero-order valence-corrected chi connectivity index (χ0v) is 12.6. The lowest BCUT2D eigenvalue weighted by Crippen LogP contribution is -2.30. The highest BCUT2D eigenvalue weighted by molar-refractivity contribution is 5.92. The highest BCUT2D eigenvalue weighted by Gasteiger charge is 2.12. The molecule has 0 atom stereocenters. The van der Waals surface area contributed by atoms with Gasteiger partial charge in [-0.15, -0.1) is 0 Å². The van der Waals surface area contributed by atoms with Crippen molar-refractivity contribution < 1.29 is 19.1 Å². The van der Waals surface area contributed by atoms with E-state index in [-0.39, 0.29) is 18.3 Å². The van der Waals surface area contributed by atoms with E-state index in [4.69, 9.17) is 4.74 Å². The zero-order valence-electron chi connectivity index (χ0n) is 12.6. The Labute approximate surface area is 124 Å². The largest absolute Gasteiger partial charge is 0.469 e. The topological polar surface area (TPSA) is 80.8 Å². The third kappa shape index (κ3) is 5.39. The Morgan fingerprint density at radius 2 is 2.10 bits per heavy atom. The number of aromatic nitrogens is 1. The molecule has 0 aromatic carbocycles. The van der Waals surface area contributed by atoms with Crippen molar-refractivity contribution in [3.8, 4) is 0 Å². The fourth-order valence-electron chi connectivity index (χ4n) is 1.77. The van der Waals surface area contributed by atoms with Crippen LogP contribution >= 0.6 is 0 Å². The molecular weight excluding hydrogens is 274 g/mol. The summed E-state index contributed by atoms with van der Waals surface area (Å²) in [4.78, 5) is 28.9. The summed E-state index contributed by atoms with van der Waals surface area (Å²) in [6, 6.07) is 3.48. The third-order valence-corrected chi connectivity index (χ3v) is 2.95. The smallest absolute Gasteiger partial charge is 0.307 e. The quantitative estimate of drug-likeness (QED) is 0.702. The van der Waals surface area contributed by atoms with Crippen molar-refractivity contribution >= 4 is 17.6 Å². The summed E-state index contributed by atoms with van der Waals surface area (Å²) in [5.74, 6) is -0.533. The molecule has 7 heteroatoms. The summed E-state index contributed by atoms with van der Waals surface area (Å²) in [6.45, 7) is 1.59. The normalized spacial score (nSPS) is 10.0. The van der Waals surface area contributed by atoms with Crippen LogP contribution in [0.1, 0.15) is 16.9 Å². The van der Waals surface area contributed by atoms with Gasteiger partial charge in [-0.2, -0.15) is 0 Å². The molecule has 0 radical (unpaired) electrons. The first-order valence-corrected chi connectivity index (χ1v) is 6.61. The van der Waals surface area contributed by atoms with Gasteiger partial charge in [-0.3, -0.25) is 14.6 Å². The standard InChI is InChI=1S/C14H21N3O4/c1-15-14(19)12-10-11(4-6-16-12)17(8-9-20-2)7-5-13(18)21-3/h4,6,10H,5,7-9H2,1-3H3,(H,15,19). The highest BCUT2D eigenvalue weighted by atomic mass is 16.5. The van der Waals surface area contributed by atoms with Gasteiger partial charge in [0.05, 0.1) is 20.1 Å². The molecular formula is C14H21N3O4. The lowest BCUT2D eigenvalue weighted by atomic mass is 10.2. The van der Waals surface area contributed by atoms with Gasteiger partial charge in [-0.1, -0.05) is 0 Å². The minimum atomic E-state index is -0.280. The Morgan fingerprint density at radius 3 is 2.71 bits per heavy atom. The number of pyridine rings is 1. The number of carbonyl (C=O) groups excluding carboxylic acids is 2. The van der Waals surface area contributed by atoms with Gasteiger partial charge in [0, 0.05) is 39.1 Å². The van der Waals surface area contributed by atoms with Crippen molar-refractivity contribution in [3.05, 3.63) is 24.0 Å². The van der Waals surface area contributed by atoms with E-state index >= 15 is 0 Å². The number of rotatable bonds is 8. The molecule has 0 aliphatic carbocycles. The predicted molar refractivity (Wildman–Crippen MR) is 78.3 cm³/mol. The Kier molecular flexibility index (Phi) is 7.17. The van der Waals surface area contributed by atoms with E-state index in [1.807, 2.05) is 4.90 Å². The lowest BCUT2D eigenvalue weighted by Gasteiger charge is -2.24. The van der Waals surface area contributed by atoms with E-state index in [2.05, 4.69) is 15.0 Å². The number of hydrogen-bond donors (Lipinski definition) is 1. The number of hydrogen-bond acceptors (Lipinski definition) is 6. The fraction of sp³-hybridized carbons (Fsp3) is 0.500. The van der Waals surface area contributed by atoms with E-state index in [1.54, 1.807) is 32.5 Å². The van der Waals surface area contributed by atoms with Crippen molar-refractivity contribution in [3.63, 3.8) is 0 Å². The lowest BCUT2D eigenvalue weighted by molar-refractivity contribution is -0.140. The minimum Gasteiger partial charge on any atom is -0.469 e. The van der Waals surface area contributed by atoms with Crippen LogP contribution in [-0.4, -0.2) is 57.8 Å². The number of methoxy groups -OCH3 is 2. The molecule has 116 valence electrons. The second-order valence-electron chi connectivity index (χ2n) is 4.28. The van der Waals surface area contributed by atoms with E-state index in [9.17, 15) is 9.59 Å². The summed E-state index contributed by atoms with van der Waals surface area (Å²) >= 11 is 0. The zero-order chi connectivity index (χ0) is 15.7. The van der Waals surface area contributed by atoms with Crippen LogP contribution in [0.2, 0.25) is 0 Å². The molecule has 1 aromatic rings. The Morgan fingerprint density at radius 1 is 1.33 bits per heavy atom. The van der Waals surface area contributed by atoms with Gasteiger partial charge in [0.25, 0.3) is 5.91 Å².